The number of ether oxygens (including phenoxy) is 3. The number of carbonyl (C=O) groups is 5. The maximum atomic E-state index is 12.5. The average molecular weight is 498 g/mol. The first-order chi connectivity index (χ1) is 15.4. The summed E-state index contributed by atoms with van der Waals surface area (Å²) in [5, 5.41) is 0. The molecule has 34 heavy (non-hydrogen) atoms. The van der Waals surface area contributed by atoms with E-state index in [-0.39, 0.29) is 12.8 Å². The molecule has 0 spiro atoms. The molecule has 4 unspecified atom stereocenters. The fourth-order valence-electron chi connectivity index (χ4n) is 3.04. The van der Waals surface area contributed by atoms with Crippen LogP contribution in [0, 0.1) is 11.3 Å². The van der Waals surface area contributed by atoms with E-state index in [1.165, 1.54) is 27.7 Å². The Kier molecular flexibility index (Phi) is 11.7. The average Bonchev–Trinajstić information content (AvgIpc) is 2.70. The van der Waals surface area contributed by atoms with Gasteiger partial charge in [-0.1, -0.05) is 13.8 Å². The van der Waals surface area contributed by atoms with Crippen molar-refractivity contribution in [1.29, 1.82) is 0 Å². The molecule has 4 atom stereocenters. The second kappa shape index (κ2) is 12.7. The van der Waals surface area contributed by atoms with Crippen molar-refractivity contribution in [2.24, 2.45) is 11.3 Å². The van der Waals surface area contributed by atoms with Crippen molar-refractivity contribution >= 4 is 29.7 Å². The molecule has 12 heteroatoms. The van der Waals surface area contributed by atoms with Gasteiger partial charge in [0.1, 0.15) is 0 Å². The third-order valence-electron chi connectivity index (χ3n) is 5.26. The highest BCUT2D eigenvalue weighted by molar-refractivity contribution is 5.97. The maximum absolute atomic E-state index is 12.5. The summed E-state index contributed by atoms with van der Waals surface area (Å²) in [6.07, 6.45) is -8.26. The molecule has 0 aromatic carbocycles. The predicted molar refractivity (Wildman–Crippen MR) is 113 cm³/mol. The number of halogens is 3. The van der Waals surface area contributed by atoms with Gasteiger partial charge >= 0.3 is 24.1 Å². The Bertz CT molecular complexity index is 768. The number of rotatable bonds is 11. The van der Waals surface area contributed by atoms with E-state index >= 15 is 0 Å². The van der Waals surface area contributed by atoms with Gasteiger partial charge in [0.25, 0.3) is 5.91 Å². The van der Waals surface area contributed by atoms with E-state index in [1.54, 1.807) is 20.8 Å². The van der Waals surface area contributed by atoms with Crippen molar-refractivity contribution < 1.29 is 51.4 Å². The van der Waals surface area contributed by atoms with Gasteiger partial charge in [-0.15, -0.1) is 0 Å². The standard InChI is InChI=1S/C22H34F3NO8/c1-9-21(8,20(31)32-11-17(28)34-15(6)22(23,24)25)10-13(4)19(30)33-14(5)18(29)26(12(2)3)16(7)27/h12-15H,9-11H2,1-8H3. The van der Waals surface area contributed by atoms with Gasteiger partial charge in [0.05, 0.1) is 11.3 Å². The highest BCUT2D eigenvalue weighted by atomic mass is 19.4. The molecule has 196 valence electrons. The summed E-state index contributed by atoms with van der Waals surface area (Å²) in [5.74, 6) is -5.13. The highest BCUT2D eigenvalue weighted by Gasteiger charge is 2.41. The Labute approximate surface area is 197 Å². The van der Waals surface area contributed by atoms with E-state index in [1.807, 2.05) is 0 Å². The smallest absolute Gasteiger partial charge is 0.425 e. The zero-order chi connectivity index (χ0) is 27.0. The number of amides is 2. The van der Waals surface area contributed by atoms with Gasteiger partial charge in [0.15, 0.2) is 18.8 Å². The van der Waals surface area contributed by atoms with Gasteiger partial charge in [0, 0.05) is 13.0 Å². The van der Waals surface area contributed by atoms with Gasteiger partial charge in [-0.3, -0.25) is 24.1 Å². The lowest BCUT2D eigenvalue weighted by Crippen LogP contribution is -2.47. The van der Waals surface area contributed by atoms with Gasteiger partial charge in [0.2, 0.25) is 5.91 Å². The molecule has 2 amide bonds. The van der Waals surface area contributed by atoms with Crippen LogP contribution in [0.4, 0.5) is 13.2 Å². The lowest BCUT2D eigenvalue weighted by Gasteiger charge is -2.29. The van der Waals surface area contributed by atoms with E-state index in [2.05, 4.69) is 4.74 Å². The Balaban J connectivity index is 5.05. The molecular formula is C22H34F3NO8. The zero-order valence-corrected chi connectivity index (χ0v) is 20.8. The van der Waals surface area contributed by atoms with Crippen molar-refractivity contribution in [3.05, 3.63) is 0 Å². The van der Waals surface area contributed by atoms with Gasteiger partial charge in [-0.2, -0.15) is 13.2 Å². The Morgan fingerprint density at radius 3 is 1.88 bits per heavy atom. The molecule has 9 nitrogen and oxygen atoms in total. The van der Waals surface area contributed by atoms with Crippen LogP contribution in [0.1, 0.15) is 68.2 Å². The molecule has 0 rings (SSSR count). The largest absolute Gasteiger partial charge is 0.453 e. The number of esters is 3. The van der Waals surface area contributed by atoms with E-state index in [0.29, 0.717) is 6.92 Å². The number of carbonyl (C=O) groups excluding carboxylic acids is 5. The summed E-state index contributed by atoms with van der Waals surface area (Å²) < 4.78 is 51.6. The number of imide groups is 1. The van der Waals surface area contributed by atoms with Crippen LogP contribution in [0.2, 0.25) is 0 Å². The van der Waals surface area contributed by atoms with Crippen LogP contribution in [0.3, 0.4) is 0 Å². The Hall–Kier alpha value is -2.66. The monoisotopic (exact) mass is 497 g/mol. The molecule has 0 aliphatic heterocycles. The van der Waals surface area contributed by atoms with Crippen molar-refractivity contribution in [3.8, 4) is 0 Å². The molecular weight excluding hydrogens is 463 g/mol. The second-order valence-corrected chi connectivity index (χ2v) is 8.67. The lowest BCUT2D eigenvalue weighted by atomic mass is 9.79. The van der Waals surface area contributed by atoms with Crippen molar-refractivity contribution in [2.45, 2.75) is 92.7 Å². The van der Waals surface area contributed by atoms with Gasteiger partial charge in [-0.25, -0.2) is 4.79 Å². The third-order valence-corrected chi connectivity index (χ3v) is 5.26. The lowest BCUT2D eigenvalue weighted by molar-refractivity contribution is -0.218. The quantitative estimate of drug-likeness (QED) is 0.316. The van der Waals surface area contributed by atoms with Crippen LogP contribution in [0.15, 0.2) is 0 Å². The fourth-order valence-corrected chi connectivity index (χ4v) is 3.04. The second-order valence-electron chi connectivity index (χ2n) is 8.67. The van der Waals surface area contributed by atoms with Crippen molar-refractivity contribution in [2.75, 3.05) is 6.61 Å². The number of alkyl halides is 3. The summed E-state index contributed by atoms with van der Waals surface area (Å²) in [6.45, 7) is 9.99. The molecule has 0 aliphatic rings. The minimum absolute atomic E-state index is 0.0866. The number of nitrogens with zero attached hydrogens (tertiary/aromatic N) is 1. The summed E-state index contributed by atoms with van der Waals surface area (Å²) in [7, 11) is 0. The number of hydrogen-bond acceptors (Lipinski definition) is 8. The third kappa shape index (κ3) is 9.30. The molecule has 0 aromatic heterocycles. The van der Waals surface area contributed by atoms with Gasteiger partial charge in [-0.05, 0) is 47.5 Å². The van der Waals surface area contributed by atoms with Crippen LogP contribution in [0.5, 0.6) is 0 Å². The first kappa shape index (κ1) is 31.3. The summed E-state index contributed by atoms with van der Waals surface area (Å²) in [4.78, 5) is 61.7. The molecule has 0 fully saturated rings. The van der Waals surface area contributed by atoms with Crippen LogP contribution < -0.4 is 0 Å². The van der Waals surface area contributed by atoms with Gasteiger partial charge < -0.3 is 14.2 Å². The predicted octanol–water partition coefficient (Wildman–Crippen LogP) is 3.18. The topological polar surface area (TPSA) is 116 Å². The molecule has 0 heterocycles. The van der Waals surface area contributed by atoms with Crippen molar-refractivity contribution in [3.63, 3.8) is 0 Å². The zero-order valence-electron chi connectivity index (χ0n) is 20.8. The molecule has 0 saturated heterocycles. The number of hydrogen-bond donors (Lipinski definition) is 0. The molecule has 0 saturated carbocycles. The molecule has 0 aliphatic carbocycles. The first-order valence-corrected chi connectivity index (χ1v) is 10.8. The van der Waals surface area contributed by atoms with Crippen LogP contribution in [-0.2, 0) is 38.2 Å². The molecule has 0 aromatic rings. The summed E-state index contributed by atoms with van der Waals surface area (Å²) in [5.41, 5.74) is -1.27. The SMILES string of the molecule is CCC(C)(CC(C)C(=O)OC(C)C(=O)N(C(C)=O)C(C)C)C(=O)OCC(=O)OC(C)C(F)(F)F. The minimum atomic E-state index is -4.75. The molecule has 0 bridgehead atoms. The maximum Gasteiger partial charge on any atom is 0.425 e. The van der Waals surface area contributed by atoms with Crippen LogP contribution in [0.25, 0.3) is 0 Å². The van der Waals surface area contributed by atoms with Crippen LogP contribution >= 0.6 is 0 Å². The Morgan fingerprint density at radius 2 is 1.47 bits per heavy atom. The summed E-state index contributed by atoms with van der Waals surface area (Å²) >= 11 is 0. The molecule has 0 radical (unpaired) electrons. The fraction of sp³-hybridized carbons (Fsp3) is 0.773. The van der Waals surface area contributed by atoms with E-state index in [9.17, 15) is 37.1 Å². The first-order valence-electron chi connectivity index (χ1n) is 10.8. The van der Waals surface area contributed by atoms with E-state index < -0.39 is 72.1 Å². The highest BCUT2D eigenvalue weighted by Crippen LogP contribution is 2.32. The minimum Gasteiger partial charge on any atom is -0.453 e. The van der Waals surface area contributed by atoms with E-state index in [0.717, 1.165) is 4.90 Å². The Morgan fingerprint density at radius 1 is 0.941 bits per heavy atom. The van der Waals surface area contributed by atoms with Crippen molar-refractivity contribution in [1.82, 2.24) is 4.90 Å². The summed E-state index contributed by atoms with van der Waals surface area (Å²) in [6, 6.07) is -0.437. The molecule has 0 N–H and O–H groups in total. The van der Waals surface area contributed by atoms with Crippen LogP contribution in [-0.4, -0.2) is 65.7 Å². The van der Waals surface area contributed by atoms with E-state index in [4.69, 9.17) is 9.47 Å². The normalized spacial score (nSPS) is 16.0.